The minimum atomic E-state index is -0.358. The smallest absolute Gasteiger partial charge is 0.170 e. The molecule has 6 heteroatoms. The maximum absolute atomic E-state index is 13.7. The van der Waals surface area contributed by atoms with Crippen LogP contribution in [0.4, 0.5) is 10.1 Å². The number of amidine groups is 1. The van der Waals surface area contributed by atoms with Gasteiger partial charge in [-0.2, -0.15) is 0 Å². The Hall–Kier alpha value is -2.76. The molecule has 2 aromatic carbocycles. The van der Waals surface area contributed by atoms with Crippen LogP contribution in [-0.2, 0) is 6.54 Å². The SMILES string of the molecule is COc1ccc(F)c(NCc2cccc(/C(N)=N/O)c2)c1. The van der Waals surface area contributed by atoms with Gasteiger partial charge in [0.2, 0.25) is 0 Å². The van der Waals surface area contributed by atoms with Crippen molar-refractivity contribution in [2.45, 2.75) is 6.54 Å². The molecule has 0 unspecified atom stereocenters. The average molecular weight is 289 g/mol. The van der Waals surface area contributed by atoms with Gasteiger partial charge in [-0.1, -0.05) is 23.4 Å². The average Bonchev–Trinajstić information content (AvgIpc) is 2.53. The number of oxime groups is 1. The lowest BCUT2D eigenvalue weighted by atomic mass is 10.1. The van der Waals surface area contributed by atoms with E-state index in [1.807, 2.05) is 6.07 Å². The van der Waals surface area contributed by atoms with Crippen molar-refractivity contribution in [2.24, 2.45) is 10.9 Å². The van der Waals surface area contributed by atoms with Crippen LogP contribution in [0, 0.1) is 5.82 Å². The maximum Gasteiger partial charge on any atom is 0.170 e. The second-order valence-corrected chi connectivity index (χ2v) is 4.38. The van der Waals surface area contributed by atoms with E-state index in [4.69, 9.17) is 15.7 Å². The molecule has 0 amide bonds. The first-order valence-electron chi connectivity index (χ1n) is 6.28. The van der Waals surface area contributed by atoms with Gasteiger partial charge in [0.1, 0.15) is 11.6 Å². The molecule has 0 aliphatic rings. The third-order valence-corrected chi connectivity index (χ3v) is 2.99. The van der Waals surface area contributed by atoms with E-state index in [9.17, 15) is 4.39 Å². The summed E-state index contributed by atoms with van der Waals surface area (Å²) in [6, 6.07) is 11.6. The largest absolute Gasteiger partial charge is 0.497 e. The number of nitrogens with zero attached hydrogens (tertiary/aromatic N) is 1. The van der Waals surface area contributed by atoms with Crippen LogP contribution in [0.5, 0.6) is 5.75 Å². The van der Waals surface area contributed by atoms with Crippen LogP contribution in [0.25, 0.3) is 0 Å². The predicted molar refractivity (Wildman–Crippen MR) is 79.2 cm³/mol. The Kier molecular flexibility index (Phi) is 4.61. The first kappa shape index (κ1) is 14.6. The van der Waals surface area contributed by atoms with E-state index in [1.54, 1.807) is 30.3 Å². The van der Waals surface area contributed by atoms with Gasteiger partial charge >= 0.3 is 0 Å². The fourth-order valence-corrected chi connectivity index (χ4v) is 1.86. The normalized spacial score (nSPS) is 11.2. The van der Waals surface area contributed by atoms with Crippen LogP contribution in [0.2, 0.25) is 0 Å². The van der Waals surface area contributed by atoms with E-state index >= 15 is 0 Å². The molecule has 0 fully saturated rings. The van der Waals surface area contributed by atoms with Gasteiger partial charge in [0.25, 0.3) is 0 Å². The molecular weight excluding hydrogens is 273 g/mol. The minimum absolute atomic E-state index is 0.0319. The summed E-state index contributed by atoms with van der Waals surface area (Å²) in [5, 5.41) is 14.6. The van der Waals surface area contributed by atoms with Crippen molar-refractivity contribution in [1.82, 2.24) is 0 Å². The molecule has 21 heavy (non-hydrogen) atoms. The Bertz CT molecular complexity index is 659. The van der Waals surface area contributed by atoms with E-state index in [1.165, 1.54) is 13.2 Å². The predicted octanol–water partition coefficient (Wildman–Crippen LogP) is 2.54. The Morgan fingerprint density at radius 2 is 2.14 bits per heavy atom. The highest BCUT2D eigenvalue weighted by Gasteiger charge is 2.05. The van der Waals surface area contributed by atoms with E-state index in [2.05, 4.69) is 10.5 Å². The number of hydrogen-bond donors (Lipinski definition) is 3. The molecule has 2 aromatic rings. The van der Waals surface area contributed by atoms with Crippen LogP contribution in [0.1, 0.15) is 11.1 Å². The van der Waals surface area contributed by atoms with Crippen LogP contribution < -0.4 is 15.8 Å². The van der Waals surface area contributed by atoms with Crippen LogP contribution in [0.3, 0.4) is 0 Å². The highest BCUT2D eigenvalue weighted by molar-refractivity contribution is 5.97. The molecular formula is C15H16FN3O2. The number of ether oxygens (including phenoxy) is 1. The highest BCUT2D eigenvalue weighted by Crippen LogP contribution is 2.21. The summed E-state index contributed by atoms with van der Waals surface area (Å²) in [6.07, 6.45) is 0. The molecule has 2 rings (SSSR count). The number of nitrogens with one attached hydrogen (secondary N) is 1. The van der Waals surface area contributed by atoms with Crippen molar-refractivity contribution < 1.29 is 14.3 Å². The van der Waals surface area contributed by atoms with Gasteiger partial charge in [-0.25, -0.2) is 4.39 Å². The molecule has 0 heterocycles. The summed E-state index contributed by atoms with van der Waals surface area (Å²) >= 11 is 0. The van der Waals surface area contributed by atoms with Crippen LogP contribution in [-0.4, -0.2) is 18.2 Å². The Morgan fingerprint density at radius 3 is 2.86 bits per heavy atom. The van der Waals surface area contributed by atoms with Crippen molar-refractivity contribution in [2.75, 3.05) is 12.4 Å². The summed E-state index contributed by atoms with van der Waals surface area (Å²) in [7, 11) is 1.53. The zero-order valence-electron chi connectivity index (χ0n) is 11.5. The number of rotatable bonds is 5. The lowest BCUT2D eigenvalue weighted by Gasteiger charge is -2.10. The lowest BCUT2D eigenvalue weighted by molar-refractivity contribution is 0.318. The van der Waals surface area contributed by atoms with Crippen LogP contribution >= 0.6 is 0 Å². The van der Waals surface area contributed by atoms with Crippen molar-refractivity contribution in [1.29, 1.82) is 0 Å². The first-order valence-corrected chi connectivity index (χ1v) is 6.28. The third kappa shape index (κ3) is 3.62. The molecule has 0 bridgehead atoms. The topological polar surface area (TPSA) is 79.9 Å². The molecule has 0 saturated carbocycles. The molecule has 0 aliphatic heterocycles. The molecule has 4 N–H and O–H groups in total. The number of benzene rings is 2. The quantitative estimate of drug-likeness (QED) is 0.342. The number of halogens is 1. The Labute approximate surface area is 121 Å². The third-order valence-electron chi connectivity index (χ3n) is 2.99. The maximum atomic E-state index is 13.7. The number of nitrogens with two attached hydrogens (primary N) is 1. The van der Waals surface area contributed by atoms with Gasteiger partial charge in [0.05, 0.1) is 12.8 Å². The lowest BCUT2D eigenvalue weighted by Crippen LogP contribution is -2.13. The number of hydrogen-bond acceptors (Lipinski definition) is 4. The molecule has 0 aromatic heterocycles. The number of anilines is 1. The fraction of sp³-hybridized carbons (Fsp3) is 0.133. The van der Waals surface area contributed by atoms with Gasteiger partial charge < -0.3 is 21.0 Å². The standard InChI is InChI=1S/C15H16FN3O2/c1-21-12-5-6-13(16)14(8-12)18-9-10-3-2-4-11(7-10)15(17)19-20/h2-8,18,20H,9H2,1H3,(H2,17,19). The minimum Gasteiger partial charge on any atom is -0.497 e. The molecule has 0 radical (unpaired) electrons. The van der Waals surface area contributed by atoms with Gasteiger partial charge in [-0.05, 0) is 23.8 Å². The van der Waals surface area contributed by atoms with Crippen molar-refractivity contribution in [3.05, 3.63) is 59.4 Å². The molecule has 5 nitrogen and oxygen atoms in total. The second-order valence-electron chi connectivity index (χ2n) is 4.38. The first-order chi connectivity index (χ1) is 10.1. The van der Waals surface area contributed by atoms with Gasteiger partial charge in [0, 0.05) is 18.2 Å². The van der Waals surface area contributed by atoms with E-state index in [0.29, 0.717) is 23.5 Å². The Balaban J connectivity index is 2.13. The summed E-state index contributed by atoms with van der Waals surface area (Å²) in [6.45, 7) is 0.399. The van der Waals surface area contributed by atoms with Gasteiger partial charge in [0.15, 0.2) is 5.84 Å². The summed E-state index contributed by atoms with van der Waals surface area (Å²) in [5.41, 5.74) is 7.36. The summed E-state index contributed by atoms with van der Waals surface area (Å²) < 4.78 is 18.7. The van der Waals surface area contributed by atoms with Crippen molar-refractivity contribution >= 4 is 11.5 Å². The van der Waals surface area contributed by atoms with Crippen molar-refractivity contribution in [3.63, 3.8) is 0 Å². The van der Waals surface area contributed by atoms with Crippen LogP contribution in [0.15, 0.2) is 47.6 Å². The van der Waals surface area contributed by atoms with Crippen molar-refractivity contribution in [3.8, 4) is 5.75 Å². The fourth-order valence-electron chi connectivity index (χ4n) is 1.86. The molecule has 110 valence electrons. The van der Waals surface area contributed by atoms with Gasteiger partial charge in [-0.3, -0.25) is 0 Å². The molecule has 0 spiro atoms. The van der Waals surface area contributed by atoms with E-state index in [0.717, 1.165) is 5.56 Å². The molecule has 0 saturated heterocycles. The van der Waals surface area contributed by atoms with Gasteiger partial charge in [-0.15, -0.1) is 0 Å². The van der Waals surface area contributed by atoms with E-state index < -0.39 is 0 Å². The molecule has 0 atom stereocenters. The number of methoxy groups -OCH3 is 1. The Morgan fingerprint density at radius 1 is 1.33 bits per heavy atom. The zero-order chi connectivity index (χ0) is 15.2. The van der Waals surface area contributed by atoms with E-state index in [-0.39, 0.29) is 11.7 Å². The monoisotopic (exact) mass is 289 g/mol. The second kappa shape index (κ2) is 6.60. The highest BCUT2D eigenvalue weighted by atomic mass is 19.1. The summed E-state index contributed by atoms with van der Waals surface area (Å²) in [5.74, 6) is 0.247. The molecule has 0 aliphatic carbocycles. The zero-order valence-corrected chi connectivity index (χ0v) is 11.5. The summed E-state index contributed by atoms with van der Waals surface area (Å²) in [4.78, 5) is 0.